The number of fused-ring (bicyclic) bond motifs is 1. The van der Waals surface area contributed by atoms with Gasteiger partial charge in [0.1, 0.15) is 0 Å². The van der Waals surface area contributed by atoms with Gasteiger partial charge in [0.05, 0.1) is 0 Å². The van der Waals surface area contributed by atoms with Gasteiger partial charge >= 0.3 is 219 Å². The molecule has 0 aliphatic rings. The molecule has 34 heavy (non-hydrogen) atoms. The van der Waals surface area contributed by atoms with Gasteiger partial charge in [-0.15, -0.1) is 0 Å². The summed E-state index contributed by atoms with van der Waals surface area (Å²) in [4.78, 5) is 0. The molecule has 0 saturated heterocycles. The molecule has 0 fully saturated rings. The van der Waals surface area contributed by atoms with Crippen LogP contribution in [-0.2, 0) is 0 Å². The maximum atomic E-state index is 6.59. The molecule has 2 aromatic rings. The van der Waals surface area contributed by atoms with Gasteiger partial charge in [0.15, 0.2) is 0 Å². The molecule has 0 amide bonds. The topological polar surface area (TPSA) is 9.23 Å². The van der Waals surface area contributed by atoms with Crippen LogP contribution in [0.15, 0.2) is 11.4 Å². The first-order chi connectivity index (χ1) is 16.6. The molecule has 2 rings (SSSR count). The third-order valence-electron chi connectivity index (χ3n) is 7.67. The van der Waals surface area contributed by atoms with Crippen LogP contribution in [0.1, 0.15) is 125 Å². The number of rotatable bonds is 21. The summed E-state index contributed by atoms with van der Waals surface area (Å²) in [5.74, 6) is 1.93. The van der Waals surface area contributed by atoms with E-state index in [1.165, 1.54) is 105 Å². The van der Waals surface area contributed by atoms with Crippen molar-refractivity contribution >= 4 is 53.3 Å². The predicted octanol–water partition coefficient (Wildman–Crippen LogP) is 11.2. The average Bonchev–Trinajstić information content (AvgIpc) is 3.44. The summed E-state index contributed by atoms with van der Waals surface area (Å²) < 4.78 is 16.1. The Hall–Kier alpha value is 0.259. The van der Waals surface area contributed by atoms with Crippen LogP contribution in [0.25, 0.3) is 9.40 Å². The number of ether oxygens (including phenoxy) is 1. The molecular formula is C30H54OS2Sn. The normalized spacial score (nSPS) is 13.1. The molecule has 0 aliphatic heterocycles. The standard InChI is InChI=1S/C18H27OS2.3C4H9.Sn/c1-3-5-7-8-10-15(9-6-4-2)13-19-16-14-21-17-11-12-20-18(16)17;3*1-3-4-2;/h11,14-15H,3-10,13H2,1-2H3;3*1,3-4H2,2H3;. The Morgan fingerprint density at radius 1 is 0.735 bits per heavy atom. The first-order valence-electron chi connectivity index (χ1n) is 14.8. The molecule has 2 heterocycles. The Kier molecular flexibility index (Phi) is 15.8. The van der Waals surface area contributed by atoms with E-state index < -0.39 is 18.4 Å². The molecule has 0 spiro atoms. The van der Waals surface area contributed by atoms with Crippen molar-refractivity contribution in [3.8, 4) is 5.75 Å². The third kappa shape index (κ3) is 9.61. The Morgan fingerprint density at radius 3 is 1.91 bits per heavy atom. The molecule has 0 bridgehead atoms. The Balaban J connectivity index is 2.17. The van der Waals surface area contributed by atoms with Crippen molar-refractivity contribution < 1.29 is 4.74 Å². The third-order valence-corrected chi connectivity index (χ3v) is 28.1. The molecule has 1 nitrogen and oxygen atoms in total. The summed E-state index contributed by atoms with van der Waals surface area (Å²) in [7, 11) is 0. The van der Waals surface area contributed by atoms with Crippen LogP contribution in [0.3, 0.4) is 0 Å². The van der Waals surface area contributed by atoms with E-state index in [1.807, 2.05) is 14.2 Å². The van der Waals surface area contributed by atoms with Crippen LogP contribution in [0.5, 0.6) is 5.75 Å². The number of hydrogen-bond acceptors (Lipinski definition) is 3. The molecule has 0 radical (unpaired) electrons. The van der Waals surface area contributed by atoms with E-state index in [0.29, 0.717) is 0 Å². The summed E-state index contributed by atoms with van der Waals surface area (Å²) >= 11 is 1.75. The summed E-state index contributed by atoms with van der Waals surface area (Å²) in [6.45, 7) is 12.7. The van der Waals surface area contributed by atoms with Crippen molar-refractivity contribution in [2.75, 3.05) is 6.61 Å². The Morgan fingerprint density at radius 2 is 1.32 bits per heavy atom. The molecule has 196 valence electrons. The van der Waals surface area contributed by atoms with Crippen LogP contribution < -0.4 is 7.63 Å². The molecule has 1 unspecified atom stereocenters. The zero-order valence-corrected chi connectivity index (χ0v) is 27.7. The van der Waals surface area contributed by atoms with Gasteiger partial charge < -0.3 is 0 Å². The summed E-state index contributed by atoms with van der Waals surface area (Å²) in [6, 6.07) is 2.65. The van der Waals surface area contributed by atoms with E-state index in [9.17, 15) is 0 Å². The van der Waals surface area contributed by atoms with E-state index in [0.717, 1.165) is 12.5 Å². The van der Waals surface area contributed by atoms with Crippen LogP contribution in [-0.4, -0.2) is 25.0 Å². The fraction of sp³-hybridized carbons (Fsp3) is 0.800. The number of hydrogen-bond donors (Lipinski definition) is 0. The maximum absolute atomic E-state index is 6.59. The van der Waals surface area contributed by atoms with E-state index in [1.54, 1.807) is 13.3 Å². The van der Waals surface area contributed by atoms with E-state index in [4.69, 9.17) is 4.74 Å². The fourth-order valence-electron chi connectivity index (χ4n) is 5.33. The van der Waals surface area contributed by atoms with Crippen molar-refractivity contribution in [3.05, 3.63) is 11.4 Å². The molecule has 4 heteroatoms. The van der Waals surface area contributed by atoms with Crippen LogP contribution >= 0.6 is 22.7 Å². The SMILES string of the molecule is CCCCCCC(CCCC)COc1csc2c[c]([Sn]([CH2]CCC)([CH2]CCC)[CH2]CCC)sc12. The minimum atomic E-state index is -2.35. The molecule has 1 atom stereocenters. The van der Waals surface area contributed by atoms with Crippen LogP contribution in [0, 0.1) is 5.92 Å². The number of thiophene rings is 2. The molecular weight excluding hydrogens is 559 g/mol. The van der Waals surface area contributed by atoms with E-state index in [2.05, 4.69) is 57.4 Å². The monoisotopic (exact) mass is 614 g/mol. The van der Waals surface area contributed by atoms with Gasteiger partial charge in [-0.05, 0) is 0 Å². The first kappa shape index (κ1) is 30.5. The summed E-state index contributed by atoms with van der Waals surface area (Å²) in [5, 5.41) is 2.31. The van der Waals surface area contributed by atoms with Gasteiger partial charge in [-0.25, -0.2) is 0 Å². The molecule has 0 saturated carbocycles. The molecule has 2 aromatic heterocycles. The Bertz CT molecular complexity index is 743. The van der Waals surface area contributed by atoms with Crippen molar-refractivity contribution in [2.24, 2.45) is 5.92 Å². The fourth-order valence-corrected chi connectivity index (χ4v) is 27.0. The van der Waals surface area contributed by atoms with E-state index in [-0.39, 0.29) is 0 Å². The number of unbranched alkanes of at least 4 members (excludes halogenated alkanes) is 7. The van der Waals surface area contributed by atoms with Crippen molar-refractivity contribution in [2.45, 2.75) is 138 Å². The van der Waals surface area contributed by atoms with Gasteiger partial charge in [0.2, 0.25) is 0 Å². The minimum absolute atomic E-state index is 0.725. The zero-order valence-electron chi connectivity index (χ0n) is 23.2. The van der Waals surface area contributed by atoms with Crippen molar-refractivity contribution in [1.29, 1.82) is 0 Å². The van der Waals surface area contributed by atoms with Crippen molar-refractivity contribution in [1.82, 2.24) is 0 Å². The predicted molar refractivity (Wildman–Crippen MR) is 162 cm³/mol. The van der Waals surface area contributed by atoms with Gasteiger partial charge in [-0.3, -0.25) is 0 Å². The summed E-state index contributed by atoms with van der Waals surface area (Å²) in [6.07, 6.45) is 19.1. The quantitative estimate of drug-likeness (QED) is 0.101. The van der Waals surface area contributed by atoms with Crippen LogP contribution in [0.4, 0.5) is 0 Å². The van der Waals surface area contributed by atoms with Gasteiger partial charge in [-0.2, -0.15) is 0 Å². The second kappa shape index (κ2) is 17.7. The molecule has 0 aromatic carbocycles. The second-order valence-electron chi connectivity index (χ2n) is 10.7. The Labute approximate surface area is 224 Å². The zero-order chi connectivity index (χ0) is 24.7. The van der Waals surface area contributed by atoms with Gasteiger partial charge in [-0.1, -0.05) is 6.92 Å². The van der Waals surface area contributed by atoms with Crippen LogP contribution in [0.2, 0.25) is 13.3 Å². The summed E-state index contributed by atoms with van der Waals surface area (Å²) in [5.41, 5.74) is 0. The van der Waals surface area contributed by atoms with E-state index >= 15 is 0 Å². The second-order valence-corrected chi connectivity index (χ2v) is 26.8. The van der Waals surface area contributed by atoms with Crippen molar-refractivity contribution in [3.63, 3.8) is 0 Å². The first-order valence-corrected chi connectivity index (χ1v) is 24.0. The van der Waals surface area contributed by atoms with Gasteiger partial charge in [0.25, 0.3) is 0 Å². The average molecular weight is 614 g/mol. The molecule has 0 aliphatic carbocycles. The molecule has 0 N–H and O–H groups in total. The van der Waals surface area contributed by atoms with Gasteiger partial charge in [0, 0.05) is 0 Å².